The number of sulfonamides is 1. The van der Waals surface area contributed by atoms with Crippen molar-refractivity contribution in [1.29, 1.82) is 0 Å². The van der Waals surface area contributed by atoms with Crippen LogP contribution in [0.4, 0.5) is 17.6 Å². The van der Waals surface area contributed by atoms with Crippen LogP contribution in [0.2, 0.25) is 0 Å². The fourth-order valence-electron chi connectivity index (χ4n) is 4.62. The molecule has 11 heteroatoms. The van der Waals surface area contributed by atoms with Crippen molar-refractivity contribution in [1.82, 2.24) is 14.6 Å². The third-order valence-corrected chi connectivity index (χ3v) is 8.90. The minimum atomic E-state index is -4.77. The molecule has 1 heterocycles. The van der Waals surface area contributed by atoms with Crippen molar-refractivity contribution in [2.24, 2.45) is 0 Å². The van der Waals surface area contributed by atoms with Crippen LogP contribution in [0.5, 0.6) is 0 Å². The van der Waals surface area contributed by atoms with E-state index in [1.54, 1.807) is 30.3 Å². The summed E-state index contributed by atoms with van der Waals surface area (Å²) in [5, 5.41) is 13.8. The molecule has 0 radical (unpaired) electrons. The molecular weight excluding hydrogens is 570 g/mol. The number of pyridine rings is 1. The summed E-state index contributed by atoms with van der Waals surface area (Å²) in [5.41, 5.74) is 0.330. The van der Waals surface area contributed by atoms with E-state index in [9.17, 15) is 31.1 Å². The Hall–Kier alpha value is -2.86. The lowest BCUT2D eigenvalue weighted by molar-refractivity contribution is -0.137. The van der Waals surface area contributed by atoms with Gasteiger partial charge in [-0.25, -0.2) is 12.8 Å². The van der Waals surface area contributed by atoms with Gasteiger partial charge >= 0.3 is 6.18 Å². The van der Waals surface area contributed by atoms with Gasteiger partial charge in [0, 0.05) is 43.1 Å². The zero-order chi connectivity index (χ0) is 31.1. The van der Waals surface area contributed by atoms with Gasteiger partial charge in [-0.05, 0) is 81.0 Å². The van der Waals surface area contributed by atoms with E-state index in [0.29, 0.717) is 36.5 Å². The number of alkyl halides is 3. The van der Waals surface area contributed by atoms with E-state index >= 15 is 0 Å². The minimum Gasteiger partial charge on any atom is -0.390 e. The second-order valence-corrected chi connectivity index (χ2v) is 13.2. The lowest BCUT2D eigenvalue weighted by Crippen LogP contribution is -2.46. The topological polar surface area (TPSA) is 82.5 Å². The third kappa shape index (κ3) is 9.32. The van der Waals surface area contributed by atoms with Crippen LogP contribution in [0.25, 0.3) is 11.1 Å². The highest BCUT2D eigenvalue weighted by Gasteiger charge is 2.34. The summed E-state index contributed by atoms with van der Waals surface area (Å²) in [6.07, 6.45) is -0.961. The van der Waals surface area contributed by atoms with Crippen molar-refractivity contribution < 1.29 is 31.1 Å². The second kappa shape index (κ2) is 14.1. The fraction of sp³-hybridized carbons (Fsp3) is 0.452. The highest BCUT2D eigenvalue weighted by Crippen LogP contribution is 2.35. The molecule has 0 saturated heterocycles. The molecule has 3 rings (SSSR count). The van der Waals surface area contributed by atoms with E-state index in [4.69, 9.17) is 0 Å². The number of hydrogen-bond donors (Lipinski definition) is 2. The van der Waals surface area contributed by atoms with E-state index in [1.165, 1.54) is 25.4 Å². The van der Waals surface area contributed by atoms with Crippen molar-refractivity contribution in [3.05, 3.63) is 83.4 Å². The molecule has 0 fully saturated rings. The first-order valence-electron chi connectivity index (χ1n) is 13.9. The largest absolute Gasteiger partial charge is 0.416 e. The number of nitrogens with zero attached hydrogens (tertiary/aromatic N) is 2. The van der Waals surface area contributed by atoms with Crippen molar-refractivity contribution in [2.75, 3.05) is 20.1 Å². The molecule has 0 aliphatic carbocycles. The highest BCUT2D eigenvalue weighted by molar-refractivity contribution is 7.89. The summed E-state index contributed by atoms with van der Waals surface area (Å²) in [6.45, 7) is 5.56. The molecular formula is C31H39F4N3O3S. The van der Waals surface area contributed by atoms with E-state index in [-0.39, 0.29) is 24.5 Å². The van der Waals surface area contributed by atoms with Crippen LogP contribution in [0, 0.1) is 5.82 Å². The van der Waals surface area contributed by atoms with Gasteiger partial charge in [-0.15, -0.1) is 0 Å². The van der Waals surface area contributed by atoms with Crippen molar-refractivity contribution >= 4 is 10.0 Å². The lowest BCUT2D eigenvalue weighted by Gasteiger charge is -2.29. The Morgan fingerprint density at radius 2 is 1.74 bits per heavy atom. The summed E-state index contributed by atoms with van der Waals surface area (Å²) >= 11 is 0. The highest BCUT2D eigenvalue weighted by atomic mass is 32.2. The Kier molecular flexibility index (Phi) is 11.3. The molecule has 1 aromatic heterocycles. The molecule has 0 spiro atoms. The van der Waals surface area contributed by atoms with Gasteiger partial charge in [0.1, 0.15) is 5.82 Å². The van der Waals surface area contributed by atoms with Crippen LogP contribution in [0.3, 0.4) is 0 Å². The SMILES string of the molecule is CCCc1ccc(-c2cc(C(F)(F)F)cc(S(=O)(=O)N(C)C[C@H](O)CNC(C)(C)CCCc3ccccc3F)c2)cn1. The first-order valence-corrected chi connectivity index (χ1v) is 15.4. The molecule has 0 aliphatic rings. The molecule has 42 heavy (non-hydrogen) atoms. The number of aliphatic hydroxyl groups excluding tert-OH is 1. The molecule has 230 valence electrons. The van der Waals surface area contributed by atoms with E-state index < -0.39 is 38.3 Å². The Morgan fingerprint density at radius 1 is 1.02 bits per heavy atom. The first-order chi connectivity index (χ1) is 19.6. The number of rotatable bonds is 14. The number of aliphatic hydroxyl groups is 1. The van der Waals surface area contributed by atoms with E-state index in [2.05, 4.69) is 10.3 Å². The number of halogens is 4. The van der Waals surface area contributed by atoms with E-state index in [0.717, 1.165) is 28.9 Å². The monoisotopic (exact) mass is 609 g/mol. The standard InChI is InChI=1S/C31H39F4N3O3S/c1-5-9-26-14-13-23(19-36-26)24-16-25(31(33,34)35)18-28(17-24)42(40,41)38(4)21-27(39)20-37-30(2,3)15-8-11-22-10-6-7-12-29(22)32/h6-7,10,12-14,16-19,27,37,39H,5,8-9,11,15,20-21H2,1-4H3/t27-/m1/s1. The molecule has 2 aromatic carbocycles. The van der Waals surface area contributed by atoms with Crippen LogP contribution in [-0.2, 0) is 29.0 Å². The summed E-state index contributed by atoms with van der Waals surface area (Å²) < 4.78 is 82.7. The van der Waals surface area contributed by atoms with Crippen LogP contribution in [0.1, 0.15) is 56.9 Å². The number of benzene rings is 2. The van der Waals surface area contributed by atoms with Crippen LogP contribution in [0.15, 0.2) is 65.7 Å². The zero-order valence-electron chi connectivity index (χ0n) is 24.4. The Labute approximate surface area is 245 Å². The van der Waals surface area contributed by atoms with Crippen molar-refractivity contribution in [2.45, 2.75) is 75.6 Å². The van der Waals surface area contributed by atoms with Gasteiger partial charge in [-0.2, -0.15) is 17.5 Å². The maximum Gasteiger partial charge on any atom is 0.416 e. The van der Waals surface area contributed by atoms with Gasteiger partial charge in [-0.1, -0.05) is 37.6 Å². The maximum absolute atomic E-state index is 13.9. The summed E-state index contributed by atoms with van der Waals surface area (Å²) in [6, 6.07) is 12.6. The van der Waals surface area contributed by atoms with Gasteiger partial charge in [0.25, 0.3) is 0 Å². The van der Waals surface area contributed by atoms with Crippen molar-refractivity contribution in [3.63, 3.8) is 0 Å². The van der Waals surface area contributed by atoms with Crippen LogP contribution < -0.4 is 5.32 Å². The van der Waals surface area contributed by atoms with Gasteiger partial charge in [0.2, 0.25) is 10.0 Å². The van der Waals surface area contributed by atoms with Crippen molar-refractivity contribution in [3.8, 4) is 11.1 Å². The number of hydrogen-bond acceptors (Lipinski definition) is 5. The van der Waals surface area contributed by atoms with E-state index in [1.807, 2.05) is 20.8 Å². The number of aromatic nitrogens is 1. The van der Waals surface area contributed by atoms with Gasteiger partial charge < -0.3 is 10.4 Å². The lowest BCUT2D eigenvalue weighted by atomic mass is 9.95. The zero-order valence-corrected chi connectivity index (χ0v) is 25.2. The Bertz CT molecular complexity index is 1430. The Morgan fingerprint density at radius 3 is 2.36 bits per heavy atom. The third-order valence-electron chi connectivity index (χ3n) is 7.10. The maximum atomic E-state index is 13.9. The number of β-amino-alcohol motifs (C(OH)–C–C–N with tert-alkyl or cyclic N) is 1. The first kappa shape index (κ1) is 33.6. The smallest absolute Gasteiger partial charge is 0.390 e. The number of aryl methyl sites for hydroxylation is 2. The predicted octanol–water partition coefficient (Wildman–Crippen LogP) is 6.23. The molecule has 2 N–H and O–H groups in total. The molecule has 0 unspecified atom stereocenters. The van der Waals surface area contributed by atoms with Crippen LogP contribution in [-0.4, -0.2) is 54.6 Å². The molecule has 1 atom stereocenters. The van der Waals surface area contributed by atoms with Gasteiger partial charge in [-0.3, -0.25) is 4.98 Å². The fourth-order valence-corrected chi connectivity index (χ4v) is 5.90. The molecule has 0 amide bonds. The van der Waals surface area contributed by atoms with Gasteiger partial charge in [0.05, 0.1) is 16.6 Å². The number of nitrogens with one attached hydrogen (secondary N) is 1. The quantitative estimate of drug-likeness (QED) is 0.212. The summed E-state index contributed by atoms with van der Waals surface area (Å²) in [7, 11) is -3.16. The van der Waals surface area contributed by atoms with Gasteiger partial charge in [0.15, 0.2) is 0 Å². The molecule has 0 bridgehead atoms. The average molecular weight is 610 g/mol. The Balaban J connectivity index is 1.68. The number of likely N-dealkylation sites (N-methyl/N-ethyl adjacent to an activating group) is 1. The second-order valence-electron chi connectivity index (χ2n) is 11.2. The average Bonchev–Trinajstić information content (AvgIpc) is 2.93. The summed E-state index contributed by atoms with van der Waals surface area (Å²) in [4.78, 5) is 3.76. The van der Waals surface area contributed by atoms with Crippen LogP contribution >= 0.6 is 0 Å². The normalized spacial score (nSPS) is 13.5. The predicted molar refractivity (Wildman–Crippen MR) is 156 cm³/mol. The molecule has 6 nitrogen and oxygen atoms in total. The summed E-state index contributed by atoms with van der Waals surface area (Å²) in [5.74, 6) is -0.252. The molecule has 0 aliphatic heterocycles. The minimum absolute atomic E-state index is 0.0518. The molecule has 3 aromatic rings. The molecule has 0 saturated carbocycles.